The Hall–Kier alpha value is -8.70. The molecule has 6 heterocycles. The van der Waals surface area contributed by atoms with Gasteiger partial charge in [-0.3, -0.25) is 48.1 Å². The van der Waals surface area contributed by atoms with Gasteiger partial charge < -0.3 is 22.1 Å². The van der Waals surface area contributed by atoms with Gasteiger partial charge in [0.25, 0.3) is 11.8 Å². The quantitative estimate of drug-likeness (QED) is 0.0548. The Balaban J connectivity index is 1.07. The molecule has 2 aliphatic heterocycles. The SMILES string of the molecule is CC[C@@H](NC(=O)N1C(=O)[C@H](Cc2ccnc(N)c2)[C@H]1C(=O)N(C)c1c(CC[C@@H](NC(=O)N2C(=O)[C@H](Cc3ccnc(N)c3)[C@H]2C(=O)N(C)c2ccn(C)n2)c2cc(C)c(F)c(C)c2)cnn1C)c1cc(F)c(F)c(F)c1. The van der Waals surface area contributed by atoms with Gasteiger partial charge in [0.15, 0.2) is 23.3 Å². The van der Waals surface area contributed by atoms with Crippen LogP contribution in [-0.2, 0) is 52.5 Å². The number of imide groups is 2. The summed E-state index contributed by atoms with van der Waals surface area (Å²) in [7, 11) is 6.16. The first-order valence-corrected chi connectivity index (χ1v) is 24.2. The summed E-state index contributed by atoms with van der Waals surface area (Å²) < 4.78 is 60.7. The molecular formula is C52H56F4N14O6. The number of nitrogens with zero attached hydrogens (tertiary/aromatic N) is 10. The van der Waals surface area contributed by atoms with Crippen LogP contribution in [0, 0.1) is 49.0 Å². The summed E-state index contributed by atoms with van der Waals surface area (Å²) in [6.45, 7) is 4.73. The molecule has 20 nitrogen and oxygen atoms in total. The molecule has 6 aromatic rings. The third-order valence-corrected chi connectivity index (χ3v) is 14.0. The molecule has 8 amide bonds. The van der Waals surface area contributed by atoms with E-state index in [4.69, 9.17) is 11.5 Å². The number of hydrogen-bond acceptors (Lipinski definition) is 12. The predicted octanol–water partition coefficient (Wildman–Crippen LogP) is 5.29. The van der Waals surface area contributed by atoms with E-state index in [1.165, 1.54) is 57.9 Å². The fourth-order valence-corrected chi connectivity index (χ4v) is 9.98. The minimum Gasteiger partial charge on any atom is -0.384 e. The molecule has 2 saturated heterocycles. The van der Waals surface area contributed by atoms with E-state index < -0.39 is 95.0 Å². The molecule has 0 spiro atoms. The van der Waals surface area contributed by atoms with Crippen molar-refractivity contribution >= 4 is 59.0 Å². The molecule has 0 radical (unpaired) electrons. The van der Waals surface area contributed by atoms with Crippen molar-refractivity contribution < 1.29 is 46.3 Å². The number of aromatic nitrogens is 6. The van der Waals surface area contributed by atoms with Crippen LogP contribution >= 0.6 is 0 Å². The zero-order valence-corrected chi connectivity index (χ0v) is 42.6. The van der Waals surface area contributed by atoms with Gasteiger partial charge in [-0.15, -0.1) is 0 Å². The maximum Gasteiger partial charge on any atom is 0.325 e. The molecule has 2 aromatic carbocycles. The zero-order chi connectivity index (χ0) is 55.0. The highest BCUT2D eigenvalue weighted by molar-refractivity contribution is 6.13. The molecule has 6 atom stereocenters. The van der Waals surface area contributed by atoms with E-state index in [0.717, 1.165) is 21.9 Å². The van der Waals surface area contributed by atoms with Crippen molar-refractivity contribution in [1.82, 2.24) is 50.0 Å². The van der Waals surface area contributed by atoms with E-state index in [-0.39, 0.29) is 72.1 Å². The van der Waals surface area contributed by atoms with Gasteiger partial charge in [0, 0.05) is 58.4 Å². The lowest BCUT2D eigenvalue weighted by atomic mass is 9.81. The summed E-state index contributed by atoms with van der Waals surface area (Å²) in [5.41, 5.74) is 14.4. The fraction of sp³-hybridized carbons (Fsp3) is 0.346. The van der Waals surface area contributed by atoms with Gasteiger partial charge in [-0.05, 0) is 116 Å². The number of rotatable bonds is 16. The minimum absolute atomic E-state index is 0.0359. The van der Waals surface area contributed by atoms with E-state index in [0.29, 0.717) is 22.3 Å². The lowest BCUT2D eigenvalue weighted by molar-refractivity contribution is -0.156. The normalized spacial score (nSPS) is 17.9. The van der Waals surface area contributed by atoms with Gasteiger partial charge in [0.05, 0.1) is 30.1 Å². The molecule has 0 bridgehead atoms. The predicted molar refractivity (Wildman–Crippen MR) is 270 cm³/mol. The van der Waals surface area contributed by atoms with Crippen molar-refractivity contribution in [1.29, 1.82) is 0 Å². The smallest absolute Gasteiger partial charge is 0.325 e. The number of pyridine rings is 2. The molecule has 398 valence electrons. The highest BCUT2D eigenvalue weighted by Crippen LogP contribution is 2.37. The summed E-state index contributed by atoms with van der Waals surface area (Å²) in [5.74, 6) is -9.00. The summed E-state index contributed by atoms with van der Waals surface area (Å²) in [4.78, 5) is 98.1. The Kier molecular flexibility index (Phi) is 15.3. The van der Waals surface area contributed by atoms with Crippen molar-refractivity contribution in [3.8, 4) is 0 Å². The largest absolute Gasteiger partial charge is 0.384 e. The second kappa shape index (κ2) is 21.6. The van der Waals surface area contributed by atoms with Crippen LogP contribution in [0.5, 0.6) is 0 Å². The third-order valence-electron chi connectivity index (χ3n) is 14.0. The van der Waals surface area contributed by atoms with Gasteiger partial charge in [-0.25, -0.2) is 37.1 Å². The number of nitrogen functional groups attached to an aromatic ring is 2. The Morgan fingerprint density at radius 1 is 0.711 bits per heavy atom. The van der Waals surface area contributed by atoms with Crippen molar-refractivity contribution in [2.45, 2.75) is 77.0 Å². The number of nitrogens with two attached hydrogens (primary N) is 2. The number of likely N-dealkylation sites (tertiary alicyclic amines) is 2. The number of urea groups is 2. The van der Waals surface area contributed by atoms with Gasteiger partial charge in [-0.1, -0.05) is 19.1 Å². The van der Waals surface area contributed by atoms with Crippen LogP contribution in [0.25, 0.3) is 0 Å². The van der Waals surface area contributed by atoms with Crippen LogP contribution in [0.2, 0.25) is 0 Å². The zero-order valence-electron chi connectivity index (χ0n) is 42.6. The maximum atomic E-state index is 15.2. The lowest BCUT2D eigenvalue weighted by Gasteiger charge is -2.46. The second-order valence-electron chi connectivity index (χ2n) is 19.1. The number of carbonyl (C=O) groups excluding carboxylic acids is 6. The van der Waals surface area contributed by atoms with E-state index in [2.05, 4.69) is 30.8 Å². The Bertz CT molecular complexity index is 3230. The molecular weight excluding hydrogens is 993 g/mol. The molecule has 2 aliphatic rings. The average molecular weight is 1050 g/mol. The Labute approximate surface area is 434 Å². The number of benzene rings is 2. The third kappa shape index (κ3) is 10.5. The first-order chi connectivity index (χ1) is 36.1. The number of halogens is 4. The first-order valence-electron chi connectivity index (χ1n) is 24.2. The highest BCUT2D eigenvalue weighted by Gasteiger charge is 2.57. The topological polar surface area (TPSA) is 253 Å². The van der Waals surface area contributed by atoms with Crippen molar-refractivity contribution in [3.63, 3.8) is 0 Å². The molecule has 0 saturated carbocycles. The summed E-state index contributed by atoms with van der Waals surface area (Å²) >= 11 is 0. The van der Waals surface area contributed by atoms with Crippen molar-refractivity contribution in [3.05, 3.63) is 142 Å². The fourth-order valence-electron chi connectivity index (χ4n) is 9.98. The Morgan fingerprint density at radius 2 is 1.21 bits per heavy atom. The minimum atomic E-state index is -1.69. The number of anilines is 4. The summed E-state index contributed by atoms with van der Waals surface area (Å²) in [6, 6.07) is 5.88. The molecule has 6 N–H and O–H groups in total. The van der Waals surface area contributed by atoms with E-state index in [9.17, 15) is 41.9 Å². The monoisotopic (exact) mass is 1050 g/mol. The lowest BCUT2D eigenvalue weighted by Crippen LogP contribution is -2.70. The van der Waals surface area contributed by atoms with Crippen LogP contribution in [0.1, 0.15) is 70.8 Å². The molecule has 0 unspecified atom stereocenters. The summed E-state index contributed by atoms with van der Waals surface area (Å²) in [6.07, 6.45) is 6.28. The van der Waals surface area contributed by atoms with Crippen LogP contribution in [0.3, 0.4) is 0 Å². The van der Waals surface area contributed by atoms with Crippen LogP contribution in [0.4, 0.5) is 50.4 Å². The Morgan fingerprint density at radius 3 is 1.70 bits per heavy atom. The number of hydrogen-bond donors (Lipinski definition) is 4. The first kappa shape index (κ1) is 53.6. The maximum absolute atomic E-state index is 15.2. The number of carbonyl (C=O) groups is 6. The van der Waals surface area contributed by atoms with Gasteiger partial charge in [0.1, 0.15) is 35.4 Å². The standard InChI is InChI=1S/C52H56F4N14O6/c1-8-37(32-23-35(53)43(56)36(54)24-32)62-51(75)70-45(34(48(70)72)20-29-12-15-60-40(58)22-29)50(74)67(6)46-30(25-61-68(46)7)9-10-38(31-17-26(2)42(55)27(3)18-31)63-52(76)69-44(49(73)66(5)41-13-16-65(4)64-41)33(47(69)71)19-28-11-14-59-39(57)21-28/h11-18,21-25,33-34,37-38,44-45H,8-10,19-20H2,1-7H3,(H2,57,59)(H2,58,60)(H,62,75)(H,63,76)/t33-,34-,37-,38-,44+,45+/m1/s1. The summed E-state index contributed by atoms with van der Waals surface area (Å²) in [5, 5.41) is 14.3. The van der Waals surface area contributed by atoms with Crippen LogP contribution < -0.4 is 31.9 Å². The van der Waals surface area contributed by atoms with Gasteiger partial charge >= 0.3 is 12.1 Å². The molecule has 0 aliphatic carbocycles. The molecule has 2 fully saturated rings. The van der Waals surface area contributed by atoms with Crippen LogP contribution in [-0.4, -0.2) is 101 Å². The number of likely N-dealkylation sites (N-methyl/N-ethyl adjacent to an activating group) is 2. The van der Waals surface area contributed by atoms with E-state index in [1.54, 1.807) is 77.5 Å². The number of nitrogens with one attached hydrogen (secondary N) is 2. The molecule has 24 heteroatoms. The van der Waals surface area contributed by atoms with Gasteiger partial charge in [0.2, 0.25) is 11.8 Å². The van der Waals surface area contributed by atoms with Crippen molar-refractivity contribution in [2.24, 2.45) is 25.9 Å². The van der Waals surface area contributed by atoms with E-state index in [1.807, 2.05) is 0 Å². The highest BCUT2D eigenvalue weighted by atomic mass is 19.2. The van der Waals surface area contributed by atoms with E-state index >= 15 is 4.39 Å². The van der Waals surface area contributed by atoms with Gasteiger partial charge in [-0.2, -0.15) is 10.2 Å². The van der Waals surface area contributed by atoms with Crippen molar-refractivity contribution in [2.75, 3.05) is 35.4 Å². The van der Waals surface area contributed by atoms with Crippen LogP contribution in [0.15, 0.2) is 79.4 Å². The second-order valence-corrected chi connectivity index (χ2v) is 19.1. The molecule has 8 rings (SSSR count). The number of aryl methyl sites for hydroxylation is 5. The number of amides is 8. The number of β-lactam (4-membered cyclic amide) rings is 2. The average Bonchev–Trinajstić information content (AvgIpc) is 4.00. The molecule has 4 aromatic heterocycles. The molecule has 76 heavy (non-hydrogen) atoms.